The molecule has 0 aliphatic heterocycles. The van der Waals surface area contributed by atoms with Gasteiger partial charge in [0, 0.05) is 48.5 Å². The molecule has 0 spiro atoms. The third-order valence-corrected chi connectivity index (χ3v) is 6.91. The van der Waals surface area contributed by atoms with E-state index < -0.39 is 10.1 Å². The molecule has 0 radical (unpaired) electrons. The predicted octanol–water partition coefficient (Wildman–Crippen LogP) is 6.01. The van der Waals surface area contributed by atoms with E-state index in [0.29, 0.717) is 19.4 Å². The summed E-state index contributed by atoms with van der Waals surface area (Å²) in [5.41, 5.74) is 3.24. The zero-order chi connectivity index (χ0) is 25.4. The second kappa shape index (κ2) is 16.3. The minimum atomic E-state index is -3.87. The second-order valence-electron chi connectivity index (χ2n) is 9.22. The van der Waals surface area contributed by atoms with Gasteiger partial charge in [-0.25, -0.2) is 4.57 Å². The number of anilines is 1. The largest absolute Gasteiger partial charge is 0.372 e. The third-order valence-electron chi connectivity index (χ3n) is 6.11. The van der Waals surface area contributed by atoms with Gasteiger partial charge in [-0.1, -0.05) is 64.2 Å². The normalized spacial score (nSPS) is 11.2. The van der Waals surface area contributed by atoms with Crippen molar-refractivity contribution in [2.75, 3.05) is 23.7 Å². The second-order valence-corrected chi connectivity index (χ2v) is 10.8. The molecule has 0 aliphatic carbocycles. The molecular formula is C29H43N2O3S+. The number of hydrogen-bond acceptors (Lipinski definition) is 3. The summed E-state index contributed by atoms with van der Waals surface area (Å²) in [5, 5.41) is 0. The van der Waals surface area contributed by atoms with Gasteiger partial charge in [-0.3, -0.25) is 4.55 Å². The van der Waals surface area contributed by atoms with Gasteiger partial charge in [0.25, 0.3) is 10.1 Å². The summed E-state index contributed by atoms with van der Waals surface area (Å²) >= 11 is 0. The summed E-state index contributed by atoms with van der Waals surface area (Å²) in [5.74, 6) is 6.31. The zero-order valence-electron chi connectivity index (χ0n) is 21.6. The highest BCUT2D eigenvalue weighted by atomic mass is 32.2. The van der Waals surface area contributed by atoms with E-state index in [9.17, 15) is 8.42 Å². The standard InChI is InChI=1S/C29H42N2O3S/c1-3-5-7-9-22-31(23-10-8-6-4-2)29-17-15-27(16-18-29)13-14-28-19-24-30(25-20-28)21-11-12-26-35(32,33)34/h15-20,24-25H,3-12,21-23,26H2,1-2H3/p+1. The summed E-state index contributed by atoms with van der Waals surface area (Å²) in [6.07, 6.45) is 15.3. The number of nitrogens with zero attached hydrogens (tertiary/aromatic N) is 2. The lowest BCUT2D eigenvalue weighted by molar-refractivity contribution is -0.697. The molecule has 0 atom stereocenters. The van der Waals surface area contributed by atoms with Crippen molar-refractivity contribution in [3.8, 4) is 11.8 Å². The predicted molar refractivity (Wildman–Crippen MR) is 145 cm³/mol. The summed E-state index contributed by atoms with van der Waals surface area (Å²) < 4.78 is 32.4. The topological polar surface area (TPSA) is 61.5 Å². The lowest BCUT2D eigenvalue weighted by Crippen LogP contribution is -2.32. The van der Waals surface area contributed by atoms with E-state index in [4.69, 9.17) is 4.55 Å². The van der Waals surface area contributed by atoms with Gasteiger partial charge in [0.15, 0.2) is 12.4 Å². The number of hydrogen-bond donors (Lipinski definition) is 1. The first kappa shape index (κ1) is 28.9. The van der Waals surface area contributed by atoms with Gasteiger partial charge in [-0.05, 0) is 43.5 Å². The van der Waals surface area contributed by atoms with E-state index in [2.05, 4.69) is 54.9 Å². The molecule has 6 heteroatoms. The molecule has 0 fully saturated rings. The average molecular weight is 500 g/mol. The molecule has 1 heterocycles. The Balaban J connectivity index is 1.91. The van der Waals surface area contributed by atoms with Crippen LogP contribution < -0.4 is 9.47 Å². The summed E-state index contributed by atoms with van der Waals surface area (Å²) in [4.78, 5) is 2.54. The average Bonchev–Trinajstić information content (AvgIpc) is 2.85. The fourth-order valence-corrected chi connectivity index (χ4v) is 4.57. The summed E-state index contributed by atoms with van der Waals surface area (Å²) in [7, 11) is -3.87. The highest BCUT2D eigenvalue weighted by Crippen LogP contribution is 2.18. The molecule has 2 rings (SSSR count). The van der Waals surface area contributed by atoms with E-state index in [-0.39, 0.29) is 5.75 Å². The maximum Gasteiger partial charge on any atom is 0.264 e. The van der Waals surface area contributed by atoms with Crippen molar-refractivity contribution in [2.24, 2.45) is 0 Å². The van der Waals surface area contributed by atoms with Crippen molar-refractivity contribution in [3.05, 3.63) is 59.9 Å². The Bertz CT molecular complexity index is 995. The van der Waals surface area contributed by atoms with Crippen molar-refractivity contribution >= 4 is 15.8 Å². The number of pyridine rings is 1. The van der Waals surface area contributed by atoms with Gasteiger partial charge in [-0.2, -0.15) is 8.42 Å². The quantitative estimate of drug-likeness (QED) is 0.133. The molecule has 0 saturated heterocycles. The van der Waals surface area contributed by atoms with E-state index >= 15 is 0 Å². The first-order valence-corrected chi connectivity index (χ1v) is 14.8. The fraction of sp³-hybridized carbons (Fsp3) is 0.552. The Morgan fingerprint density at radius 2 is 1.29 bits per heavy atom. The monoisotopic (exact) mass is 499 g/mol. The Morgan fingerprint density at radius 3 is 1.80 bits per heavy atom. The van der Waals surface area contributed by atoms with Crippen molar-refractivity contribution in [2.45, 2.75) is 84.6 Å². The summed E-state index contributed by atoms with van der Waals surface area (Å²) in [6.45, 7) is 7.46. The molecule has 1 aromatic carbocycles. The zero-order valence-corrected chi connectivity index (χ0v) is 22.4. The molecule has 0 saturated carbocycles. The van der Waals surface area contributed by atoms with Crippen LogP contribution in [0.3, 0.4) is 0 Å². The molecular weight excluding hydrogens is 456 g/mol. The molecule has 1 aromatic heterocycles. The van der Waals surface area contributed by atoms with Crippen molar-refractivity contribution in [3.63, 3.8) is 0 Å². The van der Waals surface area contributed by atoms with Crippen LogP contribution in [0, 0.1) is 11.8 Å². The molecule has 2 aromatic rings. The molecule has 0 unspecified atom stereocenters. The highest BCUT2D eigenvalue weighted by molar-refractivity contribution is 7.85. The third kappa shape index (κ3) is 12.8. The van der Waals surface area contributed by atoms with Gasteiger partial charge < -0.3 is 4.90 Å². The van der Waals surface area contributed by atoms with Crippen LogP contribution in [0.1, 0.15) is 89.2 Å². The highest BCUT2D eigenvalue weighted by Gasteiger charge is 2.07. The van der Waals surface area contributed by atoms with Crippen LogP contribution in [-0.4, -0.2) is 31.8 Å². The Kier molecular flexibility index (Phi) is 13.5. The van der Waals surface area contributed by atoms with E-state index in [1.165, 1.54) is 57.1 Å². The lowest BCUT2D eigenvalue weighted by atomic mass is 10.1. The first-order valence-electron chi connectivity index (χ1n) is 13.2. The smallest absolute Gasteiger partial charge is 0.264 e. The molecule has 0 bridgehead atoms. The van der Waals surface area contributed by atoms with Gasteiger partial charge in [-0.15, -0.1) is 0 Å². The van der Waals surface area contributed by atoms with Crippen LogP contribution >= 0.6 is 0 Å². The van der Waals surface area contributed by atoms with E-state index in [1.807, 2.05) is 29.1 Å². The van der Waals surface area contributed by atoms with Gasteiger partial charge >= 0.3 is 0 Å². The Hall–Kier alpha value is -2.36. The number of rotatable bonds is 16. The molecule has 5 nitrogen and oxygen atoms in total. The van der Waals surface area contributed by atoms with Crippen molar-refractivity contribution in [1.82, 2.24) is 0 Å². The maximum absolute atomic E-state index is 10.8. The maximum atomic E-state index is 10.8. The molecule has 0 amide bonds. The Labute approximate surface area is 213 Å². The van der Waals surface area contributed by atoms with Gasteiger partial charge in [0.2, 0.25) is 0 Å². The van der Waals surface area contributed by atoms with E-state index in [0.717, 1.165) is 24.2 Å². The van der Waals surface area contributed by atoms with Crippen molar-refractivity contribution < 1.29 is 17.5 Å². The molecule has 1 N–H and O–H groups in total. The molecule has 192 valence electrons. The first-order chi connectivity index (χ1) is 16.9. The minimum absolute atomic E-state index is 0.189. The number of benzene rings is 1. The lowest BCUT2D eigenvalue weighted by Gasteiger charge is -2.25. The van der Waals surface area contributed by atoms with Crippen molar-refractivity contribution in [1.29, 1.82) is 0 Å². The number of aryl methyl sites for hydroxylation is 1. The van der Waals surface area contributed by atoms with Crippen LogP contribution in [0.2, 0.25) is 0 Å². The fourth-order valence-electron chi connectivity index (χ4n) is 4.00. The SMILES string of the molecule is CCCCCCN(CCCCCC)c1ccc(C#Cc2cc[n+](CCCCS(=O)(=O)O)cc2)cc1. The van der Waals surface area contributed by atoms with Crippen LogP contribution in [0.25, 0.3) is 0 Å². The number of unbranched alkanes of at least 4 members (excludes halogenated alkanes) is 7. The van der Waals surface area contributed by atoms with Crippen LogP contribution in [0.15, 0.2) is 48.8 Å². The van der Waals surface area contributed by atoms with Crippen LogP contribution in [-0.2, 0) is 16.7 Å². The van der Waals surface area contributed by atoms with E-state index in [1.54, 1.807) is 0 Å². The van der Waals surface area contributed by atoms with Crippen LogP contribution in [0.4, 0.5) is 5.69 Å². The molecule has 0 aliphatic rings. The van der Waals surface area contributed by atoms with Gasteiger partial charge in [0.1, 0.15) is 6.54 Å². The summed E-state index contributed by atoms with van der Waals surface area (Å²) in [6, 6.07) is 12.6. The number of aromatic nitrogens is 1. The molecule has 35 heavy (non-hydrogen) atoms. The van der Waals surface area contributed by atoms with Gasteiger partial charge in [0.05, 0.1) is 5.75 Å². The Morgan fingerprint density at radius 1 is 0.743 bits per heavy atom. The minimum Gasteiger partial charge on any atom is -0.372 e. The van der Waals surface area contributed by atoms with Crippen LogP contribution in [0.5, 0.6) is 0 Å².